The molecular formula is C24H24F3NO4. The molecule has 1 N–H and O–H groups in total. The van der Waals surface area contributed by atoms with E-state index in [4.69, 9.17) is 9.15 Å². The van der Waals surface area contributed by atoms with Crippen LogP contribution in [0, 0.1) is 12.8 Å². The molecule has 1 atom stereocenters. The maximum Gasteiger partial charge on any atom is 0.453 e. The summed E-state index contributed by atoms with van der Waals surface area (Å²) in [5.74, 6) is -2.11. The fraction of sp³-hybridized carbons (Fsp3) is 0.375. The largest absolute Gasteiger partial charge is 0.507 e. The summed E-state index contributed by atoms with van der Waals surface area (Å²) in [6, 6.07) is 8.96. The SMILES string of the molecule is Cc1cccc(Oc2c(C(F)(F)F)oc3c(CN4CCC[C@@H](C)C4)c(O)ccc3c2=O)c1. The van der Waals surface area contributed by atoms with Gasteiger partial charge in [-0.05, 0) is 62.1 Å². The van der Waals surface area contributed by atoms with Gasteiger partial charge in [-0.15, -0.1) is 0 Å². The molecule has 2 heterocycles. The van der Waals surface area contributed by atoms with Crippen molar-refractivity contribution in [3.8, 4) is 17.2 Å². The van der Waals surface area contributed by atoms with Crippen LogP contribution < -0.4 is 10.2 Å². The molecule has 170 valence electrons. The van der Waals surface area contributed by atoms with Crippen LogP contribution in [-0.2, 0) is 12.7 Å². The van der Waals surface area contributed by atoms with Gasteiger partial charge in [0.2, 0.25) is 11.2 Å². The van der Waals surface area contributed by atoms with Crippen LogP contribution in [0.15, 0.2) is 45.6 Å². The van der Waals surface area contributed by atoms with Crippen molar-refractivity contribution in [2.24, 2.45) is 5.92 Å². The number of rotatable bonds is 4. The van der Waals surface area contributed by atoms with Crippen molar-refractivity contribution in [3.63, 3.8) is 0 Å². The fourth-order valence-corrected chi connectivity index (χ4v) is 4.17. The molecule has 8 heteroatoms. The number of nitrogens with zero attached hydrogens (tertiary/aromatic N) is 1. The number of halogens is 3. The third-order valence-corrected chi connectivity index (χ3v) is 5.69. The molecule has 0 radical (unpaired) electrons. The second-order valence-corrected chi connectivity index (χ2v) is 8.43. The number of hydrogen-bond acceptors (Lipinski definition) is 5. The Labute approximate surface area is 183 Å². The summed E-state index contributed by atoms with van der Waals surface area (Å²) in [4.78, 5) is 15.2. The van der Waals surface area contributed by atoms with Crippen LogP contribution in [0.4, 0.5) is 13.2 Å². The van der Waals surface area contributed by atoms with Crippen molar-refractivity contribution in [3.05, 3.63) is 63.5 Å². The second kappa shape index (κ2) is 8.50. The van der Waals surface area contributed by atoms with Gasteiger partial charge in [-0.3, -0.25) is 9.69 Å². The van der Waals surface area contributed by atoms with Crippen LogP contribution in [0.2, 0.25) is 0 Å². The van der Waals surface area contributed by atoms with E-state index in [9.17, 15) is 23.1 Å². The first-order valence-corrected chi connectivity index (χ1v) is 10.5. The summed E-state index contributed by atoms with van der Waals surface area (Å²) in [5.41, 5.74) is -0.268. The van der Waals surface area contributed by atoms with E-state index < -0.39 is 23.1 Å². The van der Waals surface area contributed by atoms with Gasteiger partial charge in [0.15, 0.2) is 0 Å². The Morgan fingerprint density at radius 1 is 1.25 bits per heavy atom. The summed E-state index contributed by atoms with van der Waals surface area (Å²) >= 11 is 0. The first kappa shape index (κ1) is 22.2. The van der Waals surface area contributed by atoms with Crippen LogP contribution in [-0.4, -0.2) is 23.1 Å². The molecule has 1 fully saturated rings. The zero-order valence-electron chi connectivity index (χ0n) is 17.8. The van der Waals surface area contributed by atoms with Gasteiger partial charge in [0.25, 0.3) is 5.76 Å². The molecule has 1 aromatic heterocycles. The van der Waals surface area contributed by atoms with E-state index in [2.05, 4.69) is 6.92 Å². The van der Waals surface area contributed by atoms with E-state index in [1.165, 1.54) is 24.3 Å². The number of piperidine rings is 1. The van der Waals surface area contributed by atoms with Crippen molar-refractivity contribution < 1.29 is 27.4 Å². The Kier molecular flexibility index (Phi) is 5.90. The summed E-state index contributed by atoms with van der Waals surface area (Å²) in [6.45, 7) is 5.56. The average Bonchev–Trinajstić information content (AvgIpc) is 2.71. The molecule has 1 aliphatic rings. The Bertz CT molecular complexity index is 1200. The lowest BCUT2D eigenvalue weighted by Crippen LogP contribution is -2.33. The van der Waals surface area contributed by atoms with Crippen molar-refractivity contribution in [2.45, 2.75) is 39.4 Å². The first-order chi connectivity index (χ1) is 15.1. The zero-order valence-corrected chi connectivity index (χ0v) is 17.8. The van der Waals surface area contributed by atoms with E-state index in [-0.39, 0.29) is 34.6 Å². The van der Waals surface area contributed by atoms with Crippen LogP contribution in [0.25, 0.3) is 11.0 Å². The number of aryl methyl sites for hydroxylation is 1. The molecule has 0 unspecified atom stereocenters. The third kappa shape index (κ3) is 4.46. The Hall–Kier alpha value is -3.00. The number of phenolic OH excluding ortho intramolecular Hbond substituents is 1. The quantitative estimate of drug-likeness (QED) is 0.544. The fourth-order valence-electron chi connectivity index (χ4n) is 4.17. The summed E-state index contributed by atoms with van der Waals surface area (Å²) in [6.07, 6.45) is -2.93. The van der Waals surface area contributed by atoms with Crippen LogP contribution in [0.1, 0.15) is 36.7 Å². The Morgan fingerprint density at radius 2 is 2.03 bits per heavy atom. The van der Waals surface area contributed by atoms with Crippen LogP contribution >= 0.6 is 0 Å². The van der Waals surface area contributed by atoms with Gasteiger partial charge in [-0.25, -0.2) is 0 Å². The van der Waals surface area contributed by atoms with Gasteiger partial charge >= 0.3 is 6.18 Å². The van der Waals surface area contributed by atoms with E-state index in [1.807, 2.05) is 4.90 Å². The summed E-state index contributed by atoms with van der Waals surface area (Å²) in [5, 5.41) is 10.4. The lowest BCUT2D eigenvalue weighted by Gasteiger charge is -2.31. The second-order valence-electron chi connectivity index (χ2n) is 8.43. The molecule has 1 saturated heterocycles. The molecule has 2 aromatic carbocycles. The molecule has 0 amide bonds. The number of alkyl halides is 3. The molecule has 32 heavy (non-hydrogen) atoms. The smallest absolute Gasteiger partial charge is 0.453 e. The van der Waals surface area contributed by atoms with Gasteiger partial charge in [-0.2, -0.15) is 13.2 Å². The highest BCUT2D eigenvalue weighted by Crippen LogP contribution is 2.40. The number of likely N-dealkylation sites (tertiary alicyclic amines) is 1. The minimum atomic E-state index is -4.96. The zero-order chi connectivity index (χ0) is 23.0. The molecular weight excluding hydrogens is 423 g/mol. The van der Waals surface area contributed by atoms with Crippen LogP contribution in [0.3, 0.4) is 0 Å². The lowest BCUT2D eigenvalue weighted by atomic mass is 9.99. The minimum absolute atomic E-state index is 0.0708. The van der Waals surface area contributed by atoms with E-state index in [0.29, 0.717) is 5.92 Å². The topological polar surface area (TPSA) is 62.9 Å². The maximum absolute atomic E-state index is 13.9. The van der Waals surface area contributed by atoms with Gasteiger partial charge in [0.1, 0.15) is 17.1 Å². The molecule has 0 spiro atoms. The van der Waals surface area contributed by atoms with Gasteiger partial charge in [0, 0.05) is 13.1 Å². The Balaban J connectivity index is 1.86. The molecule has 0 saturated carbocycles. The van der Waals surface area contributed by atoms with Crippen molar-refractivity contribution in [2.75, 3.05) is 13.1 Å². The predicted octanol–water partition coefficient (Wildman–Crippen LogP) is 5.85. The van der Waals surface area contributed by atoms with E-state index in [0.717, 1.165) is 31.5 Å². The van der Waals surface area contributed by atoms with Gasteiger partial charge in [-0.1, -0.05) is 19.1 Å². The van der Waals surface area contributed by atoms with E-state index in [1.54, 1.807) is 19.1 Å². The summed E-state index contributed by atoms with van der Waals surface area (Å²) < 4.78 is 52.4. The normalized spacial score (nSPS) is 17.6. The number of fused-ring (bicyclic) bond motifs is 1. The molecule has 0 bridgehead atoms. The maximum atomic E-state index is 13.9. The van der Waals surface area contributed by atoms with Crippen LogP contribution in [0.5, 0.6) is 17.2 Å². The Morgan fingerprint density at radius 3 is 2.72 bits per heavy atom. The van der Waals surface area contributed by atoms with Crippen molar-refractivity contribution >= 4 is 11.0 Å². The molecule has 3 aromatic rings. The first-order valence-electron chi connectivity index (χ1n) is 10.5. The summed E-state index contributed by atoms with van der Waals surface area (Å²) in [7, 11) is 0. The number of ether oxygens (including phenoxy) is 1. The monoisotopic (exact) mass is 447 g/mol. The highest BCUT2D eigenvalue weighted by atomic mass is 19.4. The lowest BCUT2D eigenvalue weighted by molar-refractivity contribution is -0.154. The molecule has 4 rings (SSSR count). The van der Waals surface area contributed by atoms with Crippen molar-refractivity contribution in [1.82, 2.24) is 4.90 Å². The van der Waals surface area contributed by atoms with Gasteiger partial charge in [0.05, 0.1) is 10.9 Å². The third-order valence-electron chi connectivity index (χ3n) is 5.69. The highest BCUT2D eigenvalue weighted by Gasteiger charge is 2.41. The number of benzene rings is 2. The van der Waals surface area contributed by atoms with E-state index >= 15 is 0 Å². The number of phenols is 1. The predicted molar refractivity (Wildman–Crippen MR) is 114 cm³/mol. The average molecular weight is 447 g/mol. The van der Waals surface area contributed by atoms with Gasteiger partial charge < -0.3 is 14.3 Å². The van der Waals surface area contributed by atoms with Crippen molar-refractivity contribution in [1.29, 1.82) is 0 Å². The highest BCUT2D eigenvalue weighted by molar-refractivity contribution is 5.83. The molecule has 1 aliphatic heterocycles. The molecule has 5 nitrogen and oxygen atoms in total. The minimum Gasteiger partial charge on any atom is -0.507 e. The standard InChI is InChI=1S/C24H24F3NO4/c1-14-5-3-7-16(11-14)31-22-20(30)17-8-9-19(29)18(13-28-10-4-6-15(2)12-28)21(17)32-23(22)24(25,26)27/h3,5,7-9,11,15,29H,4,6,10,12-13H2,1-2H3/t15-/m1/s1. The number of hydrogen-bond donors (Lipinski definition) is 1. The molecule has 0 aliphatic carbocycles. The number of aromatic hydroxyl groups is 1.